The predicted molar refractivity (Wildman–Crippen MR) is 186 cm³/mol. The zero-order valence-electron chi connectivity index (χ0n) is 28.4. The largest absolute Gasteiger partial charge is 0.391 e. The maximum atomic E-state index is 14.7. The molecule has 0 saturated heterocycles. The third-order valence-electron chi connectivity index (χ3n) is 9.71. The Balaban J connectivity index is 1.36. The van der Waals surface area contributed by atoms with Crippen molar-refractivity contribution in [1.82, 2.24) is 19.6 Å². The third-order valence-corrected chi connectivity index (χ3v) is 9.71. The highest BCUT2D eigenvalue weighted by molar-refractivity contribution is 6.01. The van der Waals surface area contributed by atoms with E-state index in [1.807, 2.05) is 36.1 Å². The minimum atomic E-state index is -0.718. The monoisotopic (exact) mass is 665 g/mol. The van der Waals surface area contributed by atoms with Crippen molar-refractivity contribution in [2.45, 2.75) is 83.9 Å². The molecule has 1 fully saturated rings. The fourth-order valence-electron chi connectivity index (χ4n) is 6.77. The van der Waals surface area contributed by atoms with Crippen LogP contribution < -0.4 is 5.32 Å². The normalized spacial score (nSPS) is 17.9. The van der Waals surface area contributed by atoms with E-state index in [2.05, 4.69) is 19.2 Å². The number of aromatic nitrogens is 2. The van der Waals surface area contributed by atoms with Crippen LogP contribution in [0.5, 0.6) is 0 Å². The van der Waals surface area contributed by atoms with Crippen molar-refractivity contribution in [1.29, 1.82) is 0 Å². The van der Waals surface area contributed by atoms with Gasteiger partial charge in [-0.25, -0.2) is 9.07 Å². The van der Waals surface area contributed by atoms with Gasteiger partial charge in [0.25, 0.3) is 11.8 Å². The molecule has 1 unspecified atom stereocenters. The van der Waals surface area contributed by atoms with Gasteiger partial charge in [-0.05, 0) is 79.3 Å². The lowest BCUT2D eigenvalue weighted by atomic mass is 9.91. The fraction of sp³-hybridized carbons (Fsp3) is 0.385. The molecule has 6 rings (SSSR count). The quantitative estimate of drug-likeness (QED) is 0.186. The molecule has 4 aromatic rings. The first-order chi connectivity index (χ1) is 23.6. The number of aliphatic hydroxyl groups excluding tert-OH is 1. The van der Waals surface area contributed by atoms with Crippen LogP contribution >= 0.6 is 0 Å². The zero-order chi connectivity index (χ0) is 34.7. The Morgan fingerprint density at radius 3 is 2.31 bits per heavy atom. The van der Waals surface area contributed by atoms with E-state index >= 15 is 0 Å². The number of aryl methyl sites for hydroxylation is 1. The molecule has 9 nitrogen and oxygen atoms in total. The first kappa shape index (κ1) is 34.0. The predicted octanol–water partition coefficient (Wildman–Crippen LogP) is 6.25. The Bertz CT molecular complexity index is 1850. The number of amides is 3. The molecule has 2 atom stereocenters. The van der Waals surface area contributed by atoms with Gasteiger partial charge in [-0.2, -0.15) is 5.10 Å². The summed E-state index contributed by atoms with van der Waals surface area (Å²) < 4.78 is 15.0. The number of fused-ring (bicyclic) bond motifs is 1. The average molecular weight is 666 g/mol. The summed E-state index contributed by atoms with van der Waals surface area (Å²) in [5.74, 6) is -1.14. The van der Waals surface area contributed by atoms with Crippen molar-refractivity contribution >= 4 is 23.4 Å². The van der Waals surface area contributed by atoms with Gasteiger partial charge in [0, 0.05) is 37.4 Å². The van der Waals surface area contributed by atoms with Gasteiger partial charge >= 0.3 is 0 Å². The maximum Gasteiger partial charge on any atom is 0.274 e. The van der Waals surface area contributed by atoms with Gasteiger partial charge in [-0.1, -0.05) is 63.1 Å². The number of nitrogens with zero attached hydrogens (tertiary/aromatic N) is 4. The maximum absolute atomic E-state index is 14.7. The van der Waals surface area contributed by atoms with Gasteiger partial charge < -0.3 is 20.2 Å². The Morgan fingerprint density at radius 2 is 1.65 bits per heavy atom. The second-order valence-corrected chi connectivity index (χ2v) is 13.3. The third kappa shape index (κ3) is 7.15. The van der Waals surface area contributed by atoms with Crippen molar-refractivity contribution in [3.63, 3.8) is 0 Å². The van der Waals surface area contributed by atoms with E-state index in [1.54, 1.807) is 46.0 Å². The molecule has 2 N–H and O–H groups in total. The number of hydrogen-bond donors (Lipinski definition) is 2. The van der Waals surface area contributed by atoms with Crippen LogP contribution in [0.25, 0.3) is 5.69 Å². The number of rotatable bonds is 12. The molecule has 2 aliphatic rings. The number of nitrogens with one attached hydrogen (secondary N) is 1. The van der Waals surface area contributed by atoms with E-state index < -0.39 is 11.6 Å². The smallest absolute Gasteiger partial charge is 0.274 e. The molecule has 10 heteroatoms. The fourth-order valence-corrected chi connectivity index (χ4v) is 6.77. The van der Waals surface area contributed by atoms with Crippen LogP contribution in [0, 0.1) is 12.7 Å². The van der Waals surface area contributed by atoms with Crippen LogP contribution in [0.3, 0.4) is 0 Å². The number of benzene rings is 3. The number of carbonyl (C=O) groups is 3. The van der Waals surface area contributed by atoms with E-state index in [-0.39, 0.29) is 35.5 Å². The molecule has 0 radical (unpaired) electrons. The number of anilines is 1. The summed E-state index contributed by atoms with van der Waals surface area (Å²) in [5.41, 5.74) is 4.23. The van der Waals surface area contributed by atoms with E-state index in [4.69, 9.17) is 5.10 Å². The Labute approximate surface area is 286 Å². The highest BCUT2D eigenvalue weighted by Gasteiger charge is 2.61. The number of carbonyl (C=O) groups excluding carboxylic acids is 3. The Hall–Kier alpha value is -4.83. The van der Waals surface area contributed by atoms with Crippen LogP contribution in [-0.2, 0) is 24.2 Å². The summed E-state index contributed by atoms with van der Waals surface area (Å²) in [7, 11) is 0. The molecule has 1 aliphatic heterocycles. The second kappa shape index (κ2) is 14.3. The molecule has 3 aromatic carbocycles. The summed E-state index contributed by atoms with van der Waals surface area (Å²) >= 11 is 0. The highest BCUT2D eigenvalue weighted by atomic mass is 19.1. The van der Waals surface area contributed by atoms with E-state index in [9.17, 15) is 23.9 Å². The van der Waals surface area contributed by atoms with Crippen molar-refractivity contribution in [2.75, 3.05) is 18.4 Å². The number of unbranched alkanes of at least 4 members (excludes halogenated alkanes) is 2. The van der Waals surface area contributed by atoms with Crippen LogP contribution in [0.2, 0.25) is 0 Å². The summed E-state index contributed by atoms with van der Waals surface area (Å²) in [4.78, 5) is 45.1. The van der Waals surface area contributed by atoms with Crippen LogP contribution in [-0.4, -0.2) is 67.1 Å². The lowest BCUT2D eigenvalue weighted by Gasteiger charge is -2.38. The van der Waals surface area contributed by atoms with Gasteiger partial charge in [-0.3, -0.25) is 14.4 Å². The molecule has 3 amide bonds. The Kier molecular flexibility index (Phi) is 9.96. The molecule has 2 heterocycles. The molecule has 1 aliphatic carbocycles. The summed E-state index contributed by atoms with van der Waals surface area (Å²) in [6, 6.07) is 20.5. The number of aliphatic hydroxyl groups is 1. The summed E-state index contributed by atoms with van der Waals surface area (Å²) in [5, 5.41) is 18.5. The summed E-state index contributed by atoms with van der Waals surface area (Å²) in [6.45, 7) is 7.68. The molecule has 1 saturated carbocycles. The van der Waals surface area contributed by atoms with Crippen molar-refractivity contribution in [3.05, 3.63) is 112 Å². The molecule has 1 aromatic heterocycles. The molecular weight excluding hydrogens is 621 g/mol. The molecule has 49 heavy (non-hydrogen) atoms. The minimum absolute atomic E-state index is 0.0276. The molecular formula is C39H44FN5O4. The lowest BCUT2D eigenvalue weighted by molar-refractivity contribution is -0.115. The SMILES string of the molecule is CCCCN(CCCC)C(=O)c1cc(C)n(-c2ccc(NC(=O)Cc3ccc(F)cc3)cc2C(=O)N2Cc3ccccc3CC23C[C@@H]3O)n1. The van der Waals surface area contributed by atoms with Crippen molar-refractivity contribution in [2.24, 2.45) is 0 Å². The first-order valence-corrected chi connectivity index (χ1v) is 17.2. The van der Waals surface area contributed by atoms with Crippen LogP contribution in [0.15, 0.2) is 72.8 Å². The van der Waals surface area contributed by atoms with Crippen molar-refractivity contribution < 1.29 is 23.9 Å². The van der Waals surface area contributed by atoms with Gasteiger partial charge in [-0.15, -0.1) is 0 Å². The van der Waals surface area contributed by atoms with Gasteiger partial charge in [0.2, 0.25) is 5.91 Å². The van der Waals surface area contributed by atoms with Gasteiger partial charge in [0.05, 0.1) is 29.3 Å². The Morgan fingerprint density at radius 1 is 0.980 bits per heavy atom. The van der Waals surface area contributed by atoms with Gasteiger partial charge in [0.15, 0.2) is 5.69 Å². The van der Waals surface area contributed by atoms with Crippen molar-refractivity contribution in [3.8, 4) is 5.69 Å². The first-order valence-electron chi connectivity index (χ1n) is 17.2. The molecule has 256 valence electrons. The standard InChI is InChI=1S/C39H44FN5O4/c1-4-6-18-43(19-7-5-2)38(49)33-20-26(3)45(42-33)34-17-16-31(41-36(47)21-27-12-14-30(40)15-13-27)22-32(34)37(48)44-25-29-11-9-8-10-28(29)23-39(44)24-35(39)46/h8-17,20,22,35,46H,4-7,18-19,21,23-25H2,1-3H3,(H,41,47)/t35-,39?/m0/s1. The average Bonchev–Trinajstić information content (AvgIpc) is 3.55. The van der Waals surface area contributed by atoms with E-state index in [1.165, 1.54) is 12.1 Å². The topological polar surface area (TPSA) is 108 Å². The molecule has 0 bridgehead atoms. The minimum Gasteiger partial charge on any atom is -0.391 e. The zero-order valence-corrected chi connectivity index (χ0v) is 28.4. The summed E-state index contributed by atoms with van der Waals surface area (Å²) in [6.07, 6.45) is 4.13. The molecule has 1 spiro atoms. The number of hydrogen-bond acceptors (Lipinski definition) is 5. The van der Waals surface area contributed by atoms with E-state index in [0.717, 1.165) is 36.8 Å². The number of halogens is 1. The van der Waals surface area contributed by atoms with Crippen LogP contribution in [0.4, 0.5) is 10.1 Å². The second-order valence-electron chi connectivity index (χ2n) is 13.3. The van der Waals surface area contributed by atoms with Gasteiger partial charge in [0.1, 0.15) is 5.82 Å². The highest BCUT2D eigenvalue weighted by Crippen LogP contribution is 2.49. The van der Waals surface area contributed by atoms with E-state index in [0.29, 0.717) is 60.8 Å². The lowest BCUT2D eigenvalue weighted by Crippen LogP contribution is -2.48. The van der Waals surface area contributed by atoms with Crippen LogP contribution in [0.1, 0.15) is 89.2 Å².